The van der Waals surface area contributed by atoms with Crippen LogP contribution in [-0.4, -0.2) is 18.0 Å². The van der Waals surface area contributed by atoms with Crippen LogP contribution < -0.4 is 5.32 Å². The van der Waals surface area contributed by atoms with Gasteiger partial charge in [-0.3, -0.25) is 0 Å². The number of hydrogen-bond acceptors (Lipinski definition) is 3. The molecule has 5 heteroatoms. The minimum absolute atomic E-state index is 0.141. The molecular weight excluding hydrogens is 278 g/mol. The fourth-order valence-corrected chi connectivity index (χ4v) is 2.09. The average molecular weight is 298 g/mol. The number of rotatable bonds is 4. The Morgan fingerprint density at radius 2 is 2.10 bits per heavy atom. The van der Waals surface area contributed by atoms with Crippen LogP contribution in [0.4, 0.5) is 4.79 Å². The summed E-state index contributed by atoms with van der Waals surface area (Å²) >= 11 is 6.17. The third-order valence-corrected chi connectivity index (χ3v) is 2.88. The molecule has 1 aromatic rings. The monoisotopic (exact) mass is 297 g/mol. The molecule has 0 aromatic heterocycles. The third-order valence-electron chi connectivity index (χ3n) is 2.55. The van der Waals surface area contributed by atoms with Crippen LogP contribution in [0, 0.1) is 6.92 Å². The van der Waals surface area contributed by atoms with E-state index in [-0.39, 0.29) is 6.42 Å². The van der Waals surface area contributed by atoms with Crippen molar-refractivity contribution in [3.63, 3.8) is 0 Å². The molecule has 4 nitrogen and oxygen atoms in total. The summed E-state index contributed by atoms with van der Waals surface area (Å²) in [6, 6.07) is 5.00. The highest BCUT2D eigenvalue weighted by atomic mass is 35.5. The quantitative estimate of drug-likeness (QED) is 0.860. The standard InChI is InChI=1S/C15H20ClNO3/c1-10-5-6-11(12(16)9-10)13(7-8-18)17-14(19)20-15(2,3)4/h5-6,8-9,13H,7H2,1-4H3,(H,17,19)/t13-/m0/s1. The van der Waals surface area contributed by atoms with Crippen LogP contribution >= 0.6 is 11.6 Å². The lowest BCUT2D eigenvalue weighted by Crippen LogP contribution is -2.35. The zero-order chi connectivity index (χ0) is 15.3. The number of aryl methyl sites for hydroxylation is 1. The van der Waals surface area contributed by atoms with Crippen LogP contribution in [0.3, 0.4) is 0 Å². The zero-order valence-electron chi connectivity index (χ0n) is 12.2. The molecule has 0 spiro atoms. The van der Waals surface area contributed by atoms with Gasteiger partial charge in [0.15, 0.2) is 0 Å². The summed E-state index contributed by atoms with van der Waals surface area (Å²) in [5, 5.41) is 3.20. The van der Waals surface area contributed by atoms with Gasteiger partial charge in [0, 0.05) is 11.4 Å². The lowest BCUT2D eigenvalue weighted by molar-refractivity contribution is -0.108. The van der Waals surface area contributed by atoms with E-state index in [2.05, 4.69) is 5.32 Å². The Kier molecular flexibility index (Phi) is 5.57. The SMILES string of the molecule is Cc1ccc([C@H](CC=O)NC(=O)OC(C)(C)C)c(Cl)c1. The van der Waals surface area contributed by atoms with Crippen LogP contribution in [0.25, 0.3) is 0 Å². The van der Waals surface area contributed by atoms with Crippen LogP contribution in [0.1, 0.15) is 44.4 Å². The number of amides is 1. The molecule has 1 N–H and O–H groups in total. The third kappa shape index (κ3) is 5.21. The molecule has 0 radical (unpaired) electrons. The van der Waals surface area contributed by atoms with E-state index in [0.717, 1.165) is 11.8 Å². The molecule has 0 saturated carbocycles. The molecule has 1 amide bonds. The van der Waals surface area contributed by atoms with Gasteiger partial charge >= 0.3 is 6.09 Å². The highest BCUT2D eigenvalue weighted by Gasteiger charge is 2.21. The number of halogens is 1. The number of nitrogens with one attached hydrogen (secondary N) is 1. The summed E-state index contributed by atoms with van der Waals surface area (Å²) in [5.41, 5.74) is 1.13. The molecule has 1 aromatic carbocycles. The van der Waals surface area contributed by atoms with E-state index < -0.39 is 17.7 Å². The first kappa shape index (κ1) is 16.5. The van der Waals surface area contributed by atoms with Crippen molar-refractivity contribution in [2.45, 2.75) is 45.8 Å². The van der Waals surface area contributed by atoms with E-state index in [4.69, 9.17) is 16.3 Å². The van der Waals surface area contributed by atoms with Crippen LogP contribution in [0.2, 0.25) is 5.02 Å². The maximum absolute atomic E-state index is 11.8. The summed E-state index contributed by atoms with van der Waals surface area (Å²) in [4.78, 5) is 22.6. The van der Waals surface area contributed by atoms with Gasteiger partial charge in [0.25, 0.3) is 0 Å². The molecule has 1 atom stereocenters. The van der Waals surface area contributed by atoms with E-state index in [9.17, 15) is 9.59 Å². The minimum atomic E-state index is -0.590. The normalized spacial score (nSPS) is 12.7. The second-order valence-electron chi connectivity index (χ2n) is 5.63. The van der Waals surface area contributed by atoms with Gasteiger partial charge in [0.1, 0.15) is 11.9 Å². The Labute approximate surface area is 124 Å². The summed E-state index contributed by atoms with van der Waals surface area (Å²) in [6.07, 6.45) is 0.321. The molecular formula is C15H20ClNO3. The minimum Gasteiger partial charge on any atom is -0.444 e. The fraction of sp³-hybridized carbons (Fsp3) is 0.467. The van der Waals surface area contributed by atoms with E-state index in [1.807, 2.05) is 19.1 Å². The Morgan fingerprint density at radius 3 is 2.60 bits per heavy atom. The largest absolute Gasteiger partial charge is 0.444 e. The van der Waals surface area contributed by atoms with Gasteiger partial charge in [-0.05, 0) is 44.9 Å². The van der Waals surface area contributed by atoms with Gasteiger partial charge in [-0.1, -0.05) is 23.7 Å². The Balaban J connectivity index is 2.89. The van der Waals surface area contributed by atoms with Gasteiger partial charge in [-0.15, -0.1) is 0 Å². The van der Waals surface area contributed by atoms with E-state index in [1.54, 1.807) is 26.8 Å². The molecule has 1 rings (SSSR count). The zero-order valence-corrected chi connectivity index (χ0v) is 13.0. The predicted molar refractivity (Wildman–Crippen MR) is 79.0 cm³/mol. The topological polar surface area (TPSA) is 55.4 Å². The molecule has 110 valence electrons. The van der Waals surface area contributed by atoms with Gasteiger partial charge in [0.05, 0.1) is 6.04 Å². The summed E-state index contributed by atoms with van der Waals surface area (Å²) in [5.74, 6) is 0. The van der Waals surface area contributed by atoms with Crippen molar-refractivity contribution in [2.75, 3.05) is 0 Å². The maximum Gasteiger partial charge on any atom is 0.408 e. The summed E-state index contributed by atoms with van der Waals surface area (Å²) in [6.45, 7) is 7.26. The summed E-state index contributed by atoms with van der Waals surface area (Å²) < 4.78 is 5.19. The Bertz CT molecular complexity index is 494. The van der Waals surface area contributed by atoms with Gasteiger partial charge in [0.2, 0.25) is 0 Å². The highest BCUT2D eigenvalue weighted by molar-refractivity contribution is 6.31. The Hall–Kier alpha value is -1.55. The van der Waals surface area contributed by atoms with E-state index >= 15 is 0 Å². The van der Waals surface area contributed by atoms with E-state index in [0.29, 0.717) is 10.6 Å². The Morgan fingerprint density at radius 1 is 1.45 bits per heavy atom. The molecule has 0 fully saturated rings. The second-order valence-corrected chi connectivity index (χ2v) is 6.03. The van der Waals surface area contributed by atoms with Crippen LogP contribution in [0.5, 0.6) is 0 Å². The molecule has 0 heterocycles. The lowest BCUT2D eigenvalue weighted by atomic mass is 10.0. The van der Waals surface area contributed by atoms with E-state index in [1.165, 1.54) is 0 Å². The molecule has 20 heavy (non-hydrogen) atoms. The molecule has 0 bridgehead atoms. The number of aldehydes is 1. The second kappa shape index (κ2) is 6.75. The molecule has 0 aliphatic heterocycles. The van der Waals surface area contributed by atoms with Crippen LogP contribution in [-0.2, 0) is 9.53 Å². The molecule has 0 saturated heterocycles. The lowest BCUT2D eigenvalue weighted by Gasteiger charge is -2.23. The number of benzene rings is 1. The van der Waals surface area contributed by atoms with Crippen molar-refractivity contribution in [3.05, 3.63) is 34.3 Å². The molecule has 0 aliphatic carbocycles. The predicted octanol–water partition coefficient (Wildman–Crippen LogP) is 3.80. The molecule has 0 unspecified atom stereocenters. The maximum atomic E-state index is 11.8. The van der Waals surface area contributed by atoms with Crippen molar-refractivity contribution in [1.29, 1.82) is 0 Å². The van der Waals surface area contributed by atoms with Gasteiger partial charge < -0.3 is 14.8 Å². The van der Waals surface area contributed by atoms with Crippen LogP contribution in [0.15, 0.2) is 18.2 Å². The first-order chi connectivity index (χ1) is 9.23. The smallest absolute Gasteiger partial charge is 0.408 e. The first-order valence-electron chi connectivity index (χ1n) is 6.42. The van der Waals surface area contributed by atoms with Crippen molar-refractivity contribution >= 4 is 24.0 Å². The van der Waals surface area contributed by atoms with Crippen molar-refractivity contribution in [1.82, 2.24) is 5.32 Å². The highest BCUT2D eigenvalue weighted by Crippen LogP contribution is 2.26. The first-order valence-corrected chi connectivity index (χ1v) is 6.80. The fourth-order valence-electron chi connectivity index (χ4n) is 1.72. The number of carbonyl (C=O) groups is 2. The number of hydrogen-bond donors (Lipinski definition) is 1. The van der Waals surface area contributed by atoms with Gasteiger partial charge in [-0.2, -0.15) is 0 Å². The van der Waals surface area contributed by atoms with Crippen molar-refractivity contribution < 1.29 is 14.3 Å². The number of carbonyl (C=O) groups excluding carboxylic acids is 2. The van der Waals surface area contributed by atoms with Gasteiger partial charge in [-0.25, -0.2) is 4.79 Å². The number of alkyl carbamates (subject to hydrolysis) is 1. The summed E-state index contributed by atoms with van der Waals surface area (Å²) in [7, 11) is 0. The molecule has 0 aliphatic rings. The van der Waals surface area contributed by atoms with Crippen molar-refractivity contribution in [2.24, 2.45) is 0 Å². The van der Waals surface area contributed by atoms with Crippen molar-refractivity contribution in [3.8, 4) is 0 Å². The average Bonchev–Trinajstić information content (AvgIpc) is 2.25. The number of ether oxygens (including phenoxy) is 1.